The molecule has 0 bridgehead atoms. The number of urea groups is 1. The summed E-state index contributed by atoms with van der Waals surface area (Å²) in [7, 11) is 0. The quantitative estimate of drug-likeness (QED) is 0.0938. The van der Waals surface area contributed by atoms with E-state index in [1.54, 1.807) is 32.1 Å². The average molecular weight is 850 g/mol. The number of aliphatic hydroxyl groups excluding tert-OH is 1. The predicted molar refractivity (Wildman–Crippen MR) is 231 cm³/mol. The molecule has 2 aromatic carbocycles. The maximum Gasteiger partial charge on any atom is 0.407 e. The zero-order valence-electron chi connectivity index (χ0n) is 36.1. The zero-order chi connectivity index (χ0) is 44.2. The number of amides is 6. The molecule has 15 nitrogen and oxygen atoms in total. The Kier molecular flexibility index (Phi) is 17.0. The van der Waals surface area contributed by atoms with E-state index < -0.39 is 65.3 Å². The lowest BCUT2D eigenvalue weighted by Crippen LogP contribution is -2.59. The second-order valence-corrected chi connectivity index (χ2v) is 18.3. The van der Waals surface area contributed by atoms with Gasteiger partial charge < -0.3 is 46.5 Å². The Hall–Kier alpha value is -5.06. The Balaban J connectivity index is 1.23. The summed E-state index contributed by atoms with van der Waals surface area (Å²) in [6, 6.07) is 12.9. The average Bonchev–Trinajstić information content (AvgIpc) is 3.79. The normalized spacial score (nSPS) is 17.0. The third-order valence-electron chi connectivity index (χ3n) is 10.1. The van der Waals surface area contributed by atoms with E-state index in [9.17, 15) is 29.1 Å². The number of benzene rings is 2. The fraction of sp³-hybridized carbons (Fsp3) is 0.545. The maximum atomic E-state index is 14.0. The molecule has 7 N–H and O–H groups in total. The van der Waals surface area contributed by atoms with E-state index in [0.29, 0.717) is 25.8 Å². The topological polar surface area (TPSA) is 214 Å². The van der Waals surface area contributed by atoms with Crippen molar-refractivity contribution in [1.82, 2.24) is 31.2 Å². The van der Waals surface area contributed by atoms with Gasteiger partial charge in [0.05, 0.1) is 40.9 Å². The van der Waals surface area contributed by atoms with E-state index in [0.717, 1.165) is 32.8 Å². The minimum Gasteiger partial charge on any atom is -0.444 e. The Labute approximate surface area is 357 Å². The van der Waals surface area contributed by atoms with Gasteiger partial charge in [-0.15, -0.1) is 11.3 Å². The van der Waals surface area contributed by atoms with Crippen LogP contribution >= 0.6 is 11.3 Å². The van der Waals surface area contributed by atoms with Crippen molar-refractivity contribution in [1.29, 1.82) is 0 Å². The summed E-state index contributed by atoms with van der Waals surface area (Å²) in [6.07, 6.45) is -0.0684. The van der Waals surface area contributed by atoms with Gasteiger partial charge in [-0.2, -0.15) is 0 Å². The van der Waals surface area contributed by atoms with Gasteiger partial charge in [0.1, 0.15) is 17.7 Å². The van der Waals surface area contributed by atoms with Crippen LogP contribution < -0.4 is 27.0 Å². The van der Waals surface area contributed by atoms with Crippen molar-refractivity contribution < 1.29 is 38.6 Å². The third kappa shape index (κ3) is 14.9. The number of likely N-dealkylation sites (tertiary alicyclic amines) is 1. The number of primary amides is 1. The molecule has 60 heavy (non-hydrogen) atoms. The SMILES string of the molecule is Cc1ncsc1-c1ccc(CNC(=O)[C@@H]2C[C@@H](O)CN2C(=O)[C@@H](NC(=O)NCCCc2ccc(CO[C@H](C)[C@H](CCC(N)=O)NC(=O)OC(C)(C)C)cc2)C(C)(C)C)cc1. The van der Waals surface area contributed by atoms with Crippen LogP contribution in [0.15, 0.2) is 54.0 Å². The minimum absolute atomic E-state index is 0.0115. The van der Waals surface area contributed by atoms with Crippen LogP contribution in [0, 0.1) is 12.3 Å². The van der Waals surface area contributed by atoms with E-state index in [-0.39, 0.29) is 38.4 Å². The highest BCUT2D eigenvalue weighted by Gasteiger charge is 2.44. The van der Waals surface area contributed by atoms with E-state index in [1.807, 2.05) is 88.7 Å². The number of hydrogen-bond acceptors (Lipinski definition) is 10. The zero-order valence-corrected chi connectivity index (χ0v) is 36.9. The first-order valence-corrected chi connectivity index (χ1v) is 21.4. The molecule has 328 valence electrons. The molecule has 1 saturated heterocycles. The number of thiazole rings is 1. The minimum atomic E-state index is -0.954. The number of hydrogen-bond donors (Lipinski definition) is 6. The number of β-amino-alcohol motifs (C(OH)–C–C–N with tert-alkyl or cyclic N) is 1. The van der Waals surface area contributed by atoms with Crippen molar-refractivity contribution in [3.63, 3.8) is 0 Å². The molecule has 0 saturated carbocycles. The summed E-state index contributed by atoms with van der Waals surface area (Å²) >= 11 is 1.57. The van der Waals surface area contributed by atoms with Crippen LogP contribution in [0.2, 0.25) is 0 Å². The molecule has 1 aliphatic heterocycles. The van der Waals surface area contributed by atoms with E-state index >= 15 is 0 Å². The number of ether oxygens (including phenoxy) is 2. The third-order valence-corrected chi connectivity index (χ3v) is 11.1. The molecule has 0 unspecified atom stereocenters. The van der Waals surface area contributed by atoms with Crippen molar-refractivity contribution >= 4 is 41.2 Å². The molecular formula is C44H63N7O8S. The summed E-state index contributed by atoms with van der Waals surface area (Å²) in [5, 5.41) is 22.0. The number of nitrogens with two attached hydrogens (primary N) is 1. The highest BCUT2D eigenvalue weighted by molar-refractivity contribution is 7.13. The number of aryl methyl sites for hydroxylation is 2. The number of alkyl carbamates (subject to hydrolysis) is 1. The fourth-order valence-corrected chi connectivity index (χ4v) is 7.60. The largest absolute Gasteiger partial charge is 0.444 e. The van der Waals surface area contributed by atoms with Gasteiger partial charge in [-0.3, -0.25) is 14.4 Å². The summed E-state index contributed by atoms with van der Waals surface area (Å²) in [5.41, 5.74) is 10.7. The van der Waals surface area contributed by atoms with Gasteiger partial charge in [-0.05, 0) is 81.5 Å². The van der Waals surface area contributed by atoms with Crippen LogP contribution in [-0.2, 0) is 43.4 Å². The fourth-order valence-electron chi connectivity index (χ4n) is 6.78. The highest BCUT2D eigenvalue weighted by atomic mass is 32.1. The molecule has 0 spiro atoms. The monoisotopic (exact) mass is 849 g/mol. The Morgan fingerprint density at radius 2 is 1.60 bits per heavy atom. The first kappa shape index (κ1) is 47.6. The highest BCUT2D eigenvalue weighted by Crippen LogP contribution is 2.28. The molecule has 1 aromatic heterocycles. The standard InChI is InChI=1S/C44H63N7O8S/c1-27-37(60-26-48-27)32-17-15-30(16-18-32)23-47-39(54)35-22-33(52)24-51(35)40(55)38(43(3,4)5)50-41(56)46-21-9-10-29-11-13-31(14-12-29)25-58-28(2)34(19-20-36(45)53)49-42(57)59-44(6,7)8/h11-18,26,28,33-35,38,52H,9-10,19-25H2,1-8H3,(H2,45,53)(H,47,54)(H,49,57)(H2,46,50,56)/t28-,33-,34+,35+,38-/m1/s1. The van der Waals surface area contributed by atoms with Crippen LogP contribution in [0.1, 0.15) is 96.5 Å². The molecule has 2 heterocycles. The van der Waals surface area contributed by atoms with Crippen LogP contribution in [0.4, 0.5) is 9.59 Å². The molecular weight excluding hydrogens is 787 g/mol. The van der Waals surface area contributed by atoms with E-state index in [2.05, 4.69) is 26.3 Å². The summed E-state index contributed by atoms with van der Waals surface area (Å²) < 4.78 is 11.4. The molecule has 0 aliphatic carbocycles. The van der Waals surface area contributed by atoms with Crippen LogP contribution in [0.25, 0.3) is 10.4 Å². The number of nitrogens with zero attached hydrogens (tertiary/aromatic N) is 2. The van der Waals surface area contributed by atoms with Gasteiger partial charge in [0.25, 0.3) is 0 Å². The number of rotatable bonds is 18. The molecule has 4 rings (SSSR count). The van der Waals surface area contributed by atoms with Crippen molar-refractivity contribution in [2.45, 2.75) is 137 Å². The van der Waals surface area contributed by atoms with Crippen LogP contribution in [0.5, 0.6) is 0 Å². The predicted octanol–water partition coefficient (Wildman–Crippen LogP) is 5.11. The molecule has 16 heteroatoms. The Bertz CT molecular complexity index is 1910. The molecule has 3 aromatic rings. The lowest BCUT2D eigenvalue weighted by atomic mass is 9.85. The number of carbonyl (C=O) groups is 5. The van der Waals surface area contributed by atoms with Gasteiger partial charge in [0.2, 0.25) is 17.7 Å². The first-order chi connectivity index (χ1) is 28.2. The van der Waals surface area contributed by atoms with Crippen LogP contribution in [-0.4, -0.2) is 93.9 Å². The molecule has 1 fully saturated rings. The maximum absolute atomic E-state index is 14.0. The van der Waals surface area contributed by atoms with E-state index in [4.69, 9.17) is 15.2 Å². The molecule has 1 aliphatic rings. The lowest BCUT2D eigenvalue weighted by molar-refractivity contribution is -0.142. The van der Waals surface area contributed by atoms with Gasteiger partial charge in [-0.25, -0.2) is 14.6 Å². The van der Waals surface area contributed by atoms with Crippen molar-refractivity contribution in [2.24, 2.45) is 11.1 Å². The van der Waals surface area contributed by atoms with Gasteiger partial charge in [0.15, 0.2) is 0 Å². The second-order valence-electron chi connectivity index (χ2n) is 17.5. The molecule has 0 radical (unpaired) electrons. The Morgan fingerprint density at radius 3 is 2.20 bits per heavy atom. The summed E-state index contributed by atoms with van der Waals surface area (Å²) in [5.74, 6) is -1.27. The lowest BCUT2D eigenvalue weighted by Gasteiger charge is -2.35. The number of aromatic nitrogens is 1. The smallest absolute Gasteiger partial charge is 0.407 e. The summed E-state index contributed by atoms with van der Waals surface area (Å²) in [4.78, 5) is 71.1. The summed E-state index contributed by atoms with van der Waals surface area (Å²) in [6.45, 7) is 15.5. The molecule has 5 atom stereocenters. The van der Waals surface area contributed by atoms with Crippen molar-refractivity contribution in [3.8, 4) is 10.4 Å². The second kappa shape index (κ2) is 21.5. The van der Waals surface area contributed by atoms with Gasteiger partial charge >= 0.3 is 12.1 Å². The Morgan fingerprint density at radius 1 is 0.950 bits per heavy atom. The van der Waals surface area contributed by atoms with Crippen molar-refractivity contribution in [3.05, 3.63) is 76.4 Å². The van der Waals surface area contributed by atoms with Crippen molar-refractivity contribution in [2.75, 3.05) is 13.1 Å². The first-order valence-electron chi connectivity index (χ1n) is 20.5. The molecule has 6 amide bonds. The van der Waals surface area contributed by atoms with Gasteiger partial charge in [-0.1, -0.05) is 69.3 Å². The van der Waals surface area contributed by atoms with E-state index in [1.165, 1.54) is 4.90 Å². The number of nitrogens with one attached hydrogen (secondary N) is 4. The van der Waals surface area contributed by atoms with Gasteiger partial charge in [0, 0.05) is 32.5 Å². The van der Waals surface area contributed by atoms with Crippen LogP contribution in [0.3, 0.4) is 0 Å². The number of aliphatic hydroxyl groups is 1. The number of carbonyl (C=O) groups excluding carboxylic acids is 5.